The van der Waals surface area contributed by atoms with Gasteiger partial charge >= 0.3 is 6.97 Å². The molecule has 140 valence electrons. The minimum atomic E-state index is -4.16. The Morgan fingerprint density at radius 1 is 1.04 bits per heavy atom. The van der Waals surface area contributed by atoms with Gasteiger partial charge in [-0.15, -0.1) is 0 Å². The van der Waals surface area contributed by atoms with Gasteiger partial charge in [0.2, 0.25) is 0 Å². The molecule has 2 nitrogen and oxygen atoms in total. The Morgan fingerprint density at radius 3 is 2.33 bits per heavy atom. The fourth-order valence-corrected chi connectivity index (χ4v) is 4.61. The van der Waals surface area contributed by atoms with Crippen molar-refractivity contribution in [2.45, 2.75) is 27.7 Å². The summed E-state index contributed by atoms with van der Waals surface area (Å²) in [6.07, 6.45) is 1.64. The van der Waals surface area contributed by atoms with E-state index in [-0.39, 0.29) is 27.6 Å². The summed E-state index contributed by atoms with van der Waals surface area (Å²) in [7, 11) is 0. The van der Waals surface area contributed by atoms with E-state index in [0.717, 1.165) is 21.1 Å². The molecule has 2 aromatic rings. The standard InChI is InChI=1S/C19H16BClF4N2/c1-9-5-11(3)26-18(9)17(16-14(21)7-13(22)8-15(16)23)19-10(2)6-12(4)27(19)20(26,24)25/h5-8H,1-4H3. The summed E-state index contributed by atoms with van der Waals surface area (Å²) in [5.74, 6) is -1.71. The van der Waals surface area contributed by atoms with E-state index in [1.54, 1.807) is 39.8 Å². The second-order valence-corrected chi connectivity index (χ2v) is 7.49. The van der Waals surface area contributed by atoms with Gasteiger partial charge in [0.1, 0.15) is 17.3 Å². The molecular formula is C19H16BClF4N2. The van der Waals surface area contributed by atoms with Crippen LogP contribution >= 0.6 is 11.6 Å². The van der Waals surface area contributed by atoms with Crippen LogP contribution in [0.4, 0.5) is 17.4 Å². The van der Waals surface area contributed by atoms with E-state index in [2.05, 4.69) is 0 Å². The molecule has 0 N–H and O–H groups in total. The molecule has 0 unspecified atom stereocenters. The van der Waals surface area contributed by atoms with Gasteiger partial charge in [0, 0.05) is 35.9 Å². The van der Waals surface area contributed by atoms with Crippen LogP contribution in [-0.2, 0) is 0 Å². The fraction of sp³-hybridized carbons (Fsp3) is 0.211. The van der Waals surface area contributed by atoms with Crippen LogP contribution in [0.1, 0.15) is 36.4 Å². The van der Waals surface area contributed by atoms with Gasteiger partial charge in [-0.25, -0.2) is 8.78 Å². The van der Waals surface area contributed by atoms with Gasteiger partial charge in [-0.05, 0) is 44.2 Å². The summed E-state index contributed by atoms with van der Waals surface area (Å²) in [6, 6.07) is 3.35. The zero-order valence-electron chi connectivity index (χ0n) is 15.2. The zero-order chi connectivity index (χ0) is 19.8. The highest BCUT2D eigenvalue weighted by Crippen LogP contribution is 2.46. The lowest BCUT2D eigenvalue weighted by Gasteiger charge is -2.34. The van der Waals surface area contributed by atoms with Crippen molar-refractivity contribution in [2.75, 3.05) is 0 Å². The fourth-order valence-electron chi connectivity index (χ4n) is 4.32. The first-order valence-electron chi connectivity index (χ1n) is 8.47. The molecule has 0 amide bonds. The van der Waals surface area contributed by atoms with Gasteiger partial charge in [0.05, 0.1) is 10.6 Å². The van der Waals surface area contributed by atoms with Gasteiger partial charge in [-0.2, -0.15) is 0 Å². The largest absolute Gasteiger partial charge is 0.737 e. The van der Waals surface area contributed by atoms with Crippen molar-refractivity contribution >= 4 is 29.9 Å². The van der Waals surface area contributed by atoms with Crippen LogP contribution in [0.3, 0.4) is 0 Å². The Labute approximate surface area is 159 Å². The Balaban J connectivity index is 2.23. The van der Waals surface area contributed by atoms with Crippen LogP contribution < -0.4 is 0 Å². The average molecular weight is 395 g/mol. The van der Waals surface area contributed by atoms with Crippen molar-refractivity contribution in [1.29, 1.82) is 0 Å². The van der Waals surface area contributed by atoms with Crippen LogP contribution in [0, 0.1) is 25.5 Å². The van der Waals surface area contributed by atoms with E-state index >= 15 is 8.63 Å². The number of aryl methyl sites for hydroxylation is 2. The van der Waals surface area contributed by atoms with Crippen molar-refractivity contribution in [3.8, 4) is 0 Å². The summed E-state index contributed by atoms with van der Waals surface area (Å²) >= 11 is 6.19. The Kier molecular flexibility index (Phi) is 3.76. The zero-order valence-corrected chi connectivity index (χ0v) is 15.9. The summed E-state index contributed by atoms with van der Waals surface area (Å²) < 4.78 is 61.3. The van der Waals surface area contributed by atoms with Crippen molar-refractivity contribution in [3.05, 3.63) is 74.7 Å². The molecule has 1 aromatic carbocycles. The van der Waals surface area contributed by atoms with Crippen molar-refractivity contribution in [1.82, 2.24) is 4.48 Å². The second kappa shape index (κ2) is 5.61. The highest BCUT2D eigenvalue weighted by atomic mass is 35.5. The molecule has 0 aliphatic carbocycles. The first-order chi connectivity index (χ1) is 12.6. The van der Waals surface area contributed by atoms with Crippen LogP contribution in [0.15, 0.2) is 35.5 Å². The monoisotopic (exact) mass is 394 g/mol. The smallest absolute Gasteiger partial charge is 0.393 e. The molecule has 2 aliphatic heterocycles. The lowest BCUT2D eigenvalue weighted by molar-refractivity contribution is -0.363. The molecule has 2 aliphatic rings. The number of nitrogens with zero attached hydrogens (tertiary/aromatic N) is 2. The van der Waals surface area contributed by atoms with Crippen molar-refractivity contribution < 1.29 is 21.9 Å². The van der Waals surface area contributed by atoms with Crippen LogP contribution in [0.25, 0.3) is 5.57 Å². The van der Waals surface area contributed by atoms with Gasteiger partial charge in [-0.1, -0.05) is 11.6 Å². The highest BCUT2D eigenvalue weighted by molar-refractivity contribution is 6.58. The number of benzene rings is 1. The number of rotatable bonds is 1. The molecule has 27 heavy (non-hydrogen) atoms. The lowest BCUT2D eigenvalue weighted by atomic mass is 9.83. The second-order valence-electron chi connectivity index (χ2n) is 7.08. The molecule has 3 heterocycles. The summed E-state index contributed by atoms with van der Waals surface area (Å²) in [6.45, 7) is 2.40. The Hall–Kier alpha value is -2.28. The third-order valence-electron chi connectivity index (χ3n) is 5.19. The SMILES string of the molecule is CC1=CC(C)=[N+]2C1=C(c1c(F)cc(F)cc1Cl)c1c(C)cc(C)n1[B-]2(F)F. The number of allylic oxidation sites excluding steroid dienone is 2. The summed E-state index contributed by atoms with van der Waals surface area (Å²) in [4.78, 5) is 0. The van der Waals surface area contributed by atoms with Gasteiger partial charge in [0.15, 0.2) is 5.70 Å². The average Bonchev–Trinajstić information content (AvgIpc) is 2.99. The van der Waals surface area contributed by atoms with E-state index in [1.165, 1.54) is 0 Å². The van der Waals surface area contributed by atoms with Crippen LogP contribution in [0.5, 0.6) is 0 Å². The van der Waals surface area contributed by atoms with E-state index in [0.29, 0.717) is 22.5 Å². The molecule has 1 aromatic heterocycles. The predicted octanol–water partition coefficient (Wildman–Crippen LogP) is 5.47. The van der Waals surface area contributed by atoms with E-state index < -0.39 is 18.6 Å². The molecular weight excluding hydrogens is 378 g/mol. The number of fused-ring (bicyclic) bond motifs is 2. The highest BCUT2D eigenvalue weighted by Gasteiger charge is 2.55. The first kappa shape index (κ1) is 18.1. The maximum Gasteiger partial charge on any atom is 0.737 e. The number of hydrogen-bond acceptors (Lipinski definition) is 0. The molecule has 0 saturated heterocycles. The molecule has 8 heteroatoms. The Bertz CT molecular complexity index is 1100. The van der Waals surface area contributed by atoms with Crippen molar-refractivity contribution in [3.63, 3.8) is 0 Å². The maximum atomic E-state index is 15.5. The van der Waals surface area contributed by atoms with Crippen LogP contribution in [-0.4, -0.2) is 21.6 Å². The van der Waals surface area contributed by atoms with Gasteiger partial charge in [-0.3, -0.25) is 0 Å². The Morgan fingerprint density at radius 2 is 1.70 bits per heavy atom. The quantitative estimate of drug-likeness (QED) is 0.448. The molecule has 0 saturated carbocycles. The summed E-state index contributed by atoms with van der Waals surface area (Å²) in [5, 5.41) is -0.158. The lowest BCUT2D eigenvalue weighted by Crippen LogP contribution is -2.51. The van der Waals surface area contributed by atoms with E-state index in [4.69, 9.17) is 11.6 Å². The number of hydrogen-bond donors (Lipinski definition) is 0. The first-order valence-corrected chi connectivity index (χ1v) is 8.85. The van der Waals surface area contributed by atoms with E-state index in [1.807, 2.05) is 0 Å². The molecule has 0 spiro atoms. The van der Waals surface area contributed by atoms with E-state index in [9.17, 15) is 8.78 Å². The summed E-state index contributed by atoms with van der Waals surface area (Å²) in [5.41, 5.74) is 2.47. The molecule has 0 radical (unpaired) electrons. The van der Waals surface area contributed by atoms with Gasteiger partial charge < -0.3 is 17.6 Å². The van der Waals surface area contributed by atoms with Crippen molar-refractivity contribution in [2.24, 2.45) is 0 Å². The van der Waals surface area contributed by atoms with Gasteiger partial charge in [0.25, 0.3) is 0 Å². The predicted molar refractivity (Wildman–Crippen MR) is 99.4 cm³/mol. The molecule has 4 rings (SSSR count). The van der Waals surface area contributed by atoms with Crippen LogP contribution in [0.2, 0.25) is 5.02 Å². The minimum absolute atomic E-state index is 0.0748. The number of aromatic nitrogens is 1. The molecule has 0 fully saturated rings. The molecule has 0 bridgehead atoms. The maximum absolute atomic E-state index is 15.5. The normalized spacial score (nSPS) is 18.0. The molecule has 0 atom stereocenters. The third-order valence-corrected chi connectivity index (χ3v) is 5.49. The number of halogens is 5. The third kappa shape index (κ3) is 2.30. The minimum Gasteiger partial charge on any atom is -0.393 e. The topological polar surface area (TPSA) is 7.94 Å².